The number of aliphatic imine (C=N–C) groups is 1. The molecule has 1 heterocycles. The van der Waals surface area contributed by atoms with Crippen molar-refractivity contribution in [3.05, 3.63) is 53.6 Å². The van der Waals surface area contributed by atoms with Gasteiger partial charge in [0.2, 0.25) is 5.91 Å². The van der Waals surface area contributed by atoms with Crippen LogP contribution in [0.25, 0.3) is 0 Å². The average Bonchev–Trinajstić information content (AvgIpc) is 3.07. The van der Waals surface area contributed by atoms with Crippen LogP contribution in [0.1, 0.15) is 30.5 Å². The van der Waals surface area contributed by atoms with Gasteiger partial charge in [0.15, 0.2) is 11.5 Å². The molecule has 0 fully saturated rings. The third-order valence-corrected chi connectivity index (χ3v) is 6.49. The van der Waals surface area contributed by atoms with E-state index in [1.54, 1.807) is 36.4 Å². The van der Waals surface area contributed by atoms with Crippen LogP contribution in [0.15, 0.2) is 52.4 Å². The molecule has 0 aliphatic carbocycles. The van der Waals surface area contributed by atoms with Crippen molar-refractivity contribution in [3.63, 3.8) is 0 Å². The van der Waals surface area contributed by atoms with E-state index < -0.39 is 34.0 Å². The second-order valence-electron chi connectivity index (χ2n) is 7.21. The smallest absolute Gasteiger partial charge is 0.307 e. The number of methoxy groups -OCH3 is 3. The molecule has 1 aliphatic rings. The van der Waals surface area contributed by atoms with Gasteiger partial charge >= 0.3 is 5.97 Å². The molecule has 1 unspecified atom stereocenters. The van der Waals surface area contributed by atoms with Crippen LogP contribution in [-0.2, 0) is 24.3 Å². The van der Waals surface area contributed by atoms with Gasteiger partial charge in [0, 0.05) is 5.56 Å². The Hall–Kier alpha value is -3.60. The Kier molecular flexibility index (Phi) is 7.22. The van der Waals surface area contributed by atoms with Crippen molar-refractivity contribution in [2.75, 3.05) is 21.3 Å². The largest absolute Gasteiger partial charge is 0.493 e. The Labute approximate surface area is 192 Å². The molecule has 1 aliphatic heterocycles. The zero-order chi connectivity index (χ0) is 24.2. The van der Waals surface area contributed by atoms with E-state index in [1.807, 2.05) is 0 Å². The molecular weight excluding hydrogens is 450 g/mol. The lowest BCUT2D eigenvalue weighted by atomic mass is 10.0. The van der Waals surface area contributed by atoms with Crippen molar-refractivity contribution in [2.45, 2.75) is 30.3 Å². The molecule has 1 amide bonds. The van der Waals surface area contributed by atoms with Crippen LogP contribution >= 0.6 is 0 Å². The highest BCUT2D eigenvalue weighted by Crippen LogP contribution is 2.31. The maximum atomic E-state index is 12.9. The number of hydrogen-bond acceptors (Lipinski definition) is 8. The first-order valence-electron chi connectivity index (χ1n) is 9.99. The van der Waals surface area contributed by atoms with E-state index >= 15 is 0 Å². The maximum Gasteiger partial charge on any atom is 0.307 e. The van der Waals surface area contributed by atoms with Gasteiger partial charge in [-0.3, -0.25) is 19.3 Å². The number of carbonyl (C=O) groups excluding carboxylic acids is 2. The fourth-order valence-electron chi connectivity index (χ4n) is 3.35. The number of amidine groups is 1. The molecule has 2 aromatic rings. The number of nitrogens with one attached hydrogen (secondary N) is 2. The predicted octanol–water partition coefficient (Wildman–Crippen LogP) is 1.55. The molecule has 2 aromatic carbocycles. The molecular formula is C22H25N3O7S. The Morgan fingerprint density at radius 3 is 2.42 bits per heavy atom. The van der Waals surface area contributed by atoms with Crippen molar-refractivity contribution in [1.82, 2.24) is 10.0 Å². The van der Waals surface area contributed by atoms with Crippen LogP contribution < -0.4 is 19.5 Å². The molecule has 0 bridgehead atoms. The minimum Gasteiger partial charge on any atom is -0.493 e. The molecule has 3 rings (SSSR count). The Morgan fingerprint density at radius 2 is 1.76 bits per heavy atom. The Bertz CT molecular complexity index is 1190. The predicted molar refractivity (Wildman–Crippen MR) is 120 cm³/mol. The fourth-order valence-corrected chi connectivity index (χ4v) is 4.59. The minimum atomic E-state index is -3.73. The van der Waals surface area contributed by atoms with E-state index in [4.69, 9.17) is 14.2 Å². The normalized spacial score (nSPS) is 16.8. The number of esters is 1. The van der Waals surface area contributed by atoms with E-state index in [0.29, 0.717) is 22.6 Å². The van der Waals surface area contributed by atoms with E-state index in [9.17, 15) is 18.0 Å². The van der Waals surface area contributed by atoms with Crippen LogP contribution in [0, 0.1) is 0 Å². The van der Waals surface area contributed by atoms with Crippen molar-refractivity contribution < 1.29 is 32.2 Å². The first-order chi connectivity index (χ1) is 15.7. The maximum absolute atomic E-state index is 12.9. The minimum absolute atomic E-state index is 0.0869. The van der Waals surface area contributed by atoms with Gasteiger partial charge in [0.25, 0.3) is 10.0 Å². The van der Waals surface area contributed by atoms with Crippen LogP contribution in [0.3, 0.4) is 0 Å². The summed E-state index contributed by atoms with van der Waals surface area (Å²) in [6, 6.07) is 9.71. The lowest BCUT2D eigenvalue weighted by Gasteiger charge is -2.21. The summed E-state index contributed by atoms with van der Waals surface area (Å²) in [4.78, 5) is 29.3. The number of ether oxygens (including phenoxy) is 3. The quantitative estimate of drug-likeness (QED) is 0.554. The molecule has 0 saturated carbocycles. The van der Waals surface area contributed by atoms with Gasteiger partial charge in [-0.1, -0.05) is 18.2 Å². The average molecular weight is 476 g/mol. The van der Waals surface area contributed by atoms with Gasteiger partial charge in [-0.15, -0.1) is 0 Å². The molecule has 0 spiro atoms. The second-order valence-corrected chi connectivity index (χ2v) is 8.86. The molecule has 33 heavy (non-hydrogen) atoms. The molecule has 0 saturated heterocycles. The summed E-state index contributed by atoms with van der Waals surface area (Å²) in [5.74, 6) is -0.00842. The lowest BCUT2D eigenvalue weighted by Crippen LogP contribution is -2.37. The van der Waals surface area contributed by atoms with Gasteiger partial charge in [-0.05, 0) is 36.8 Å². The number of nitrogens with zero attached hydrogens (tertiary/aromatic N) is 1. The number of carbonyl (C=O) groups is 2. The van der Waals surface area contributed by atoms with Crippen LogP contribution in [0.4, 0.5) is 0 Å². The van der Waals surface area contributed by atoms with E-state index in [-0.39, 0.29) is 17.2 Å². The van der Waals surface area contributed by atoms with Gasteiger partial charge < -0.3 is 19.5 Å². The van der Waals surface area contributed by atoms with Crippen molar-refractivity contribution in [3.8, 4) is 11.5 Å². The number of sulfonamides is 1. The van der Waals surface area contributed by atoms with E-state index in [0.717, 1.165) is 0 Å². The van der Waals surface area contributed by atoms with Gasteiger partial charge in [0.1, 0.15) is 11.9 Å². The summed E-state index contributed by atoms with van der Waals surface area (Å²) in [5.41, 5.74) is 0.987. The summed E-state index contributed by atoms with van der Waals surface area (Å²) < 4.78 is 42.2. The van der Waals surface area contributed by atoms with E-state index in [2.05, 4.69) is 15.0 Å². The zero-order valence-corrected chi connectivity index (χ0v) is 19.4. The molecule has 11 heteroatoms. The lowest BCUT2D eigenvalue weighted by molar-refractivity contribution is -0.141. The highest BCUT2D eigenvalue weighted by atomic mass is 32.2. The number of amides is 1. The number of benzene rings is 2. The Balaban J connectivity index is 1.86. The van der Waals surface area contributed by atoms with Gasteiger partial charge in [-0.2, -0.15) is 0 Å². The van der Waals surface area contributed by atoms with Gasteiger partial charge in [-0.25, -0.2) is 8.42 Å². The monoisotopic (exact) mass is 475 g/mol. The Morgan fingerprint density at radius 1 is 1.06 bits per heavy atom. The molecule has 0 aromatic heterocycles. The number of fused-ring (bicyclic) bond motifs is 1. The third kappa shape index (κ3) is 5.25. The summed E-state index contributed by atoms with van der Waals surface area (Å²) in [5, 5.41) is 2.79. The SMILES string of the molecule is COC(=O)CC(NC(=O)[C@H](C)N=C1NS(=O)(=O)c2ccccc21)c1ccc(OC)c(OC)c1. The number of hydrogen-bond donors (Lipinski definition) is 2. The highest BCUT2D eigenvalue weighted by Gasteiger charge is 2.31. The summed E-state index contributed by atoms with van der Waals surface area (Å²) in [6.45, 7) is 1.53. The standard InChI is InChI=1S/C22H25N3O7S/c1-13(23-21-15-7-5-6-8-19(15)33(28,29)25-21)22(27)24-16(12-20(26)32-4)14-9-10-17(30-2)18(11-14)31-3/h5-11,13,16H,12H2,1-4H3,(H,23,25)(H,24,27)/t13-,16?/m0/s1. The molecule has 176 valence electrons. The van der Waals surface area contributed by atoms with E-state index in [1.165, 1.54) is 34.3 Å². The van der Waals surface area contributed by atoms with Gasteiger partial charge in [0.05, 0.1) is 38.7 Å². The molecule has 0 radical (unpaired) electrons. The summed E-state index contributed by atoms with van der Waals surface area (Å²) in [6.07, 6.45) is -0.128. The molecule has 2 atom stereocenters. The zero-order valence-electron chi connectivity index (χ0n) is 18.6. The fraction of sp³-hybridized carbons (Fsp3) is 0.318. The summed E-state index contributed by atoms with van der Waals surface area (Å²) in [7, 11) is 0.515. The third-order valence-electron chi connectivity index (χ3n) is 5.09. The first kappa shape index (κ1) is 24.1. The topological polar surface area (TPSA) is 132 Å². The molecule has 2 N–H and O–H groups in total. The van der Waals surface area contributed by atoms with Crippen LogP contribution in [-0.4, -0.2) is 53.5 Å². The number of rotatable bonds is 8. The molecule has 10 nitrogen and oxygen atoms in total. The van der Waals surface area contributed by atoms with Crippen molar-refractivity contribution >= 4 is 27.7 Å². The highest BCUT2D eigenvalue weighted by molar-refractivity contribution is 7.90. The first-order valence-corrected chi connectivity index (χ1v) is 11.5. The second kappa shape index (κ2) is 9.90. The van der Waals surface area contributed by atoms with Crippen molar-refractivity contribution in [1.29, 1.82) is 0 Å². The van der Waals surface area contributed by atoms with Crippen LogP contribution in [0.5, 0.6) is 11.5 Å². The van der Waals surface area contributed by atoms with Crippen LogP contribution in [0.2, 0.25) is 0 Å². The van der Waals surface area contributed by atoms with Crippen molar-refractivity contribution in [2.24, 2.45) is 4.99 Å². The summed E-state index contributed by atoms with van der Waals surface area (Å²) >= 11 is 0.